The molecule has 28 heavy (non-hydrogen) atoms. The number of hydrogen-bond donors (Lipinski definition) is 0. The lowest BCUT2D eigenvalue weighted by atomic mass is 9.97. The lowest BCUT2D eigenvalue weighted by molar-refractivity contribution is -0.137. The fourth-order valence-electron chi connectivity index (χ4n) is 2.60. The highest BCUT2D eigenvalue weighted by atomic mass is 19.4. The summed E-state index contributed by atoms with van der Waals surface area (Å²) in [5.41, 5.74) is -2.16. The lowest BCUT2D eigenvalue weighted by Crippen LogP contribution is -2.10. The molecule has 1 heterocycles. The minimum atomic E-state index is -4.59. The Labute approximate surface area is 156 Å². The smallest absolute Gasteiger partial charge is 0.416 e. The minimum Gasteiger partial charge on any atom is -0.497 e. The van der Waals surface area contributed by atoms with Gasteiger partial charge in [-0.25, -0.2) is 8.78 Å². The first-order chi connectivity index (χ1) is 13.2. The number of nitrogens with zero attached hydrogens (tertiary/aromatic N) is 1. The molecule has 0 saturated heterocycles. The number of aromatic nitrogens is 1. The van der Waals surface area contributed by atoms with Gasteiger partial charge in [0, 0.05) is 23.4 Å². The summed E-state index contributed by atoms with van der Waals surface area (Å²) < 4.78 is 72.1. The van der Waals surface area contributed by atoms with Gasteiger partial charge in [0.15, 0.2) is 5.78 Å². The van der Waals surface area contributed by atoms with Gasteiger partial charge >= 0.3 is 6.18 Å². The zero-order chi connectivity index (χ0) is 20.5. The van der Waals surface area contributed by atoms with Crippen molar-refractivity contribution >= 4 is 5.78 Å². The number of pyridine rings is 1. The van der Waals surface area contributed by atoms with Crippen LogP contribution in [0.2, 0.25) is 0 Å². The maximum absolute atomic E-state index is 14.9. The third-order valence-electron chi connectivity index (χ3n) is 4.04. The summed E-state index contributed by atoms with van der Waals surface area (Å²) in [6.07, 6.45) is -3.23. The van der Waals surface area contributed by atoms with Crippen molar-refractivity contribution in [1.29, 1.82) is 0 Å². The maximum atomic E-state index is 14.9. The van der Waals surface area contributed by atoms with Gasteiger partial charge < -0.3 is 4.74 Å². The van der Waals surface area contributed by atoms with Crippen LogP contribution in [0.1, 0.15) is 21.5 Å². The van der Waals surface area contributed by atoms with Crippen LogP contribution in [0.4, 0.5) is 22.0 Å². The third-order valence-corrected chi connectivity index (χ3v) is 4.04. The Morgan fingerprint density at radius 3 is 2.29 bits per heavy atom. The first-order valence-corrected chi connectivity index (χ1v) is 7.92. The van der Waals surface area contributed by atoms with Gasteiger partial charge in [-0.15, -0.1) is 0 Å². The van der Waals surface area contributed by atoms with Crippen LogP contribution >= 0.6 is 0 Å². The number of methoxy groups -OCH3 is 1. The van der Waals surface area contributed by atoms with Crippen LogP contribution in [0.15, 0.2) is 54.7 Å². The Morgan fingerprint density at radius 2 is 1.68 bits per heavy atom. The van der Waals surface area contributed by atoms with Gasteiger partial charge in [-0.3, -0.25) is 9.78 Å². The fraction of sp³-hybridized carbons (Fsp3) is 0.100. The van der Waals surface area contributed by atoms with Gasteiger partial charge in [0.1, 0.15) is 17.4 Å². The molecule has 0 aliphatic heterocycles. The highest BCUT2D eigenvalue weighted by Crippen LogP contribution is 2.31. The summed E-state index contributed by atoms with van der Waals surface area (Å²) in [4.78, 5) is 16.5. The van der Waals surface area contributed by atoms with Crippen LogP contribution in [0.5, 0.6) is 5.75 Å². The van der Waals surface area contributed by atoms with Gasteiger partial charge in [0.25, 0.3) is 0 Å². The summed E-state index contributed by atoms with van der Waals surface area (Å²) in [6.45, 7) is 0. The second-order valence-electron chi connectivity index (χ2n) is 5.77. The molecule has 0 radical (unpaired) electrons. The number of ether oxygens (including phenoxy) is 1. The predicted molar refractivity (Wildman–Crippen MR) is 91.0 cm³/mol. The highest BCUT2D eigenvalue weighted by molar-refractivity contribution is 6.10. The van der Waals surface area contributed by atoms with Crippen molar-refractivity contribution in [3.8, 4) is 17.0 Å². The number of carbonyl (C=O) groups is 1. The number of benzene rings is 2. The van der Waals surface area contributed by atoms with Crippen LogP contribution in [-0.2, 0) is 6.18 Å². The first kappa shape index (κ1) is 19.5. The number of ketones is 1. The Kier molecular flexibility index (Phi) is 5.13. The van der Waals surface area contributed by atoms with Gasteiger partial charge in [-0.05, 0) is 30.3 Å². The molecule has 0 N–H and O–H groups in total. The summed E-state index contributed by atoms with van der Waals surface area (Å²) in [5, 5.41) is 0. The van der Waals surface area contributed by atoms with Crippen LogP contribution < -0.4 is 4.74 Å². The zero-order valence-electron chi connectivity index (χ0n) is 14.3. The van der Waals surface area contributed by atoms with E-state index in [0.29, 0.717) is 17.9 Å². The van der Waals surface area contributed by atoms with E-state index in [2.05, 4.69) is 4.98 Å². The molecule has 0 saturated carbocycles. The van der Waals surface area contributed by atoms with Crippen molar-refractivity contribution in [2.24, 2.45) is 0 Å². The molecule has 0 aliphatic carbocycles. The SMILES string of the molecule is COc1ccnc(-c2ccc(F)c(C(=O)c3ccc(C(F)(F)F)cc3)c2F)c1. The second-order valence-corrected chi connectivity index (χ2v) is 5.77. The molecular weight excluding hydrogens is 381 g/mol. The van der Waals surface area contributed by atoms with Gasteiger partial charge in [0.05, 0.1) is 23.9 Å². The molecule has 0 aliphatic rings. The number of carbonyl (C=O) groups excluding carboxylic acids is 1. The van der Waals surface area contributed by atoms with Crippen LogP contribution in [-0.4, -0.2) is 17.9 Å². The van der Waals surface area contributed by atoms with E-state index in [1.165, 1.54) is 25.4 Å². The molecule has 0 unspecified atom stereocenters. The minimum absolute atomic E-state index is 0.110. The van der Waals surface area contributed by atoms with E-state index in [9.17, 15) is 26.7 Å². The van der Waals surface area contributed by atoms with Crippen LogP contribution in [0.3, 0.4) is 0 Å². The molecule has 1 aromatic heterocycles. The molecule has 3 aromatic rings. The van der Waals surface area contributed by atoms with E-state index in [4.69, 9.17) is 4.74 Å². The zero-order valence-corrected chi connectivity index (χ0v) is 14.3. The molecule has 8 heteroatoms. The topological polar surface area (TPSA) is 39.2 Å². The van der Waals surface area contributed by atoms with Gasteiger partial charge in [-0.1, -0.05) is 12.1 Å². The van der Waals surface area contributed by atoms with E-state index in [1.807, 2.05) is 0 Å². The normalized spacial score (nSPS) is 11.4. The molecule has 0 bridgehead atoms. The van der Waals surface area contributed by atoms with Crippen molar-refractivity contribution < 1.29 is 31.5 Å². The number of halogens is 5. The average Bonchev–Trinajstić information content (AvgIpc) is 2.67. The molecule has 2 aromatic carbocycles. The van der Waals surface area contributed by atoms with E-state index >= 15 is 0 Å². The lowest BCUT2D eigenvalue weighted by Gasteiger charge is -2.11. The predicted octanol–water partition coefficient (Wildman–Crippen LogP) is 5.29. The summed E-state index contributed by atoms with van der Waals surface area (Å²) in [5.74, 6) is -2.99. The molecular formula is C20H12F5NO2. The van der Waals surface area contributed by atoms with Crippen molar-refractivity contribution in [2.45, 2.75) is 6.18 Å². The number of alkyl halides is 3. The van der Waals surface area contributed by atoms with Crippen LogP contribution in [0, 0.1) is 11.6 Å². The Bertz CT molecular complexity index is 1030. The first-order valence-electron chi connectivity index (χ1n) is 7.92. The Balaban J connectivity index is 2.05. The monoisotopic (exact) mass is 393 g/mol. The molecule has 3 nitrogen and oxygen atoms in total. The summed E-state index contributed by atoms with van der Waals surface area (Å²) >= 11 is 0. The van der Waals surface area contributed by atoms with E-state index < -0.39 is 34.7 Å². The van der Waals surface area contributed by atoms with Crippen molar-refractivity contribution in [1.82, 2.24) is 4.98 Å². The van der Waals surface area contributed by atoms with E-state index in [-0.39, 0.29) is 16.8 Å². The second kappa shape index (κ2) is 7.38. The fourth-order valence-corrected chi connectivity index (χ4v) is 2.60. The van der Waals surface area contributed by atoms with Gasteiger partial charge in [-0.2, -0.15) is 13.2 Å². The molecule has 0 atom stereocenters. The van der Waals surface area contributed by atoms with Crippen molar-refractivity contribution in [2.75, 3.05) is 7.11 Å². The van der Waals surface area contributed by atoms with E-state index in [0.717, 1.165) is 24.3 Å². The highest BCUT2D eigenvalue weighted by Gasteiger charge is 2.31. The molecule has 144 valence electrons. The summed E-state index contributed by atoms with van der Waals surface area (Å²) in [7, 11) is 1.40. The Morgan fingerprint density at radius 1 is 1.00 bits per heavy atom. The maximum Gasteiger partial charge on any atom is 0.416 e. The average molecular weight is 393 g/mol. The number of hydrogen-bond acceptors (Lipinski definition) is 3. The standard InChI is InChI=1S/C20H12F5NO2/c1-28-13-8-9-26-16(10-13)14-6-7-15(21)17(18(14)22)19(27)11-2-4-12(5-3-11)20(23,24)25/h2-10H,1H3. The van der Waals surface area contributed by atoms with Crippen molar-refractivity contribution in [3.05, 3.63) is 83.1 Å². The van der Waals surface area contributed by atoms with Crippen molar-refractivity contribution in [3.63, 3.8) is 0 Å². The van der Waals surface area contributed by atoms with E-state index in [1.54, 1.807) is 0 Å². The number of rotatable bonds is 4. The molecule has 0 fully saturated rings. The van der Waals surface area contributed by atoms with Crippen LogP contribution in [0.25, 0.3) is 11.3 Å². The quantitative estimate of drug-likeness (QED) is 0.447. The molecule has 0 spiro atoms. The third kappa shape index (κ3) is 3.71. The Hall–Kier alpha value is -3.29. The van der Waals surface area contributed by atoms with Gasteiger partial charge in [0.2, 0.25) is 0 Å². The molecule has 0 amide bonds. The summed E-state index contributed by atoms with van der Waals surface area (Å²) in [6, 6.07) is 8.06. The molecule has 3 rings (SSSR count). The largest absolute Gasteiger partial charge is 0.497 e.